The van der Waals surface area contributed by atoms with Crippen molar-refractivity contribution in [2.45, 2.75) is 19.4 Å². The number of aromatic nitrogens is 3. The van der Waals surface area contributed by atoms with Crippen LogP contribution in [0.5, 0.6) is 0 Å². The van der Waals surface area contributed by atoms with E-state index in [4.69, 9.17) is 17.3 Å². The number of amides is 1. The molecule has 1 amide bonds. The second-order valence-electron chi connectivity index (χ2n) is 7.68. The molecule has 142 valence electrons. The monoisotopic (exact) mass is 393 g/mol. The van der Waals surface area contributed by atoms with Crippen LogP contribution in [0.25, 0.3) is 22.6 Å². The third-order valence-corrected chi connectivity index (χ3v) is 6.18. The molecule has 2 aromatic heterocycles. The summed E-state index contributed by atoms with van der Waals surface area (Å²) in [6, 6.07) is 8.04. The van der Waals surface area contributed by atoms with Gasteiger partial charge in [0, 0.05) is 11.6 Å². The Labute approximate surface area is 167 Å². The number of hydrogen-bond acceptors (Lipinski definition) is 4. The molecule has 0 spiro atoms. The number of rotatable bonds is 4. The number of carbonyl (C=O) groups is 1. The van der Waals surface area contributed by atoms with E-state index < -0.39 is 0 Å². The Morgan fingerprint density at radius 1 is 1.25 bits per heavy atom. The summed E-state index contributed by atoms with van der Waals surface area (Å²) in [5.41, 5.74) is 9.89. The summed E-state index contributed by atoms with van der Waals surface area (Å²) in [6.07, 6.45) is 6.80. The number of allylic oxidation sites excluding steroid dienone is 1. The van der Waals surface area contributed by atoms with Crippen molar-refractivity contribution in [3.63, 3.8) is 0 Å². The lowest BCUT2D eigenvalue weighted by Gasteiger charge is -2.28. The van der Waals surface area contributed by atoms with E-state index in [1.54, 1.807) is 6.20 Å². The Morgan fingerprint density at radius 3 is 2.75 bits per heavy atom. The minimum atomic E-state index is -0.277. The molecule has 0 saturated heterocycles. The van der Waals surface area contributed by atoms with Gasteiger partial charge in [-0.3, -0.25) is 4.79 Å². The number of nitrogens with two attached hydrogens (primary N) is 1. The number of aryl methyl sites for hydroxylation is 1. The average Bonchev–Trinajstić information content (AvgIpc) is 3.38. The Bertz CT molecular complexity index is 1100. The molecule has 4 N–H and O–H groups in total. The van der Waals surface area contributed by atoms with Crippen molar-refractivity contribution in [2.24, 2.45) is 23.5 Å². The number of aromatic amines is 1. The number of nitrogens with zero attached hydrogens (tertiary/aromatic N) is 2. The summed E-state index contributed by atoms with van der Waals surface area (Å²) in [6.45, 7) is 2.05. The van der Waals surface area contributed by atoms with E-state index in [-0.39, 0.29) is 29.7 Å². The second-order valence-corrected chi connectivity index (χ2v) is 8.08. The maximum atomic E-state index is 12.0. The van der Waals surface area contributed by atoms with Crippen molar-refractivity contribution in [3.8, 4) is 11.4 Å². The molecule has 2 bridgehead atoms. The first kappa shape index (κ1) is 17.3. The zero-order valence-corrected chi connectivity index (χ0v) is 16.1. The number of imidazole rings is 1. The van der Waals surface area contributed by atoms with Gasteiger partial charge in [0.05, 0.1) is 22.8 Å². The first-order valence-corrected chi connectivity index (χ1v) is 9.74. The number of anilines is 1. The van der Waals surface area contributed by atoms with Crippen molar-refractivity contribution in [3.05, 3.63) is 53.2 Å². The Hall–Kier alpha value is -2.86. The lowest BCUT2D eigenvalue weighted by molar-refractivity contribution is -0.122. The summed E-state index contributed by atoms with van der Waals surface area (Å²) in [5.74, 6) is 0.670. The van der Waals surface area contributed by atoms with E-state index >= 15 is 0 Å². The van der Waals surface area contributed by atoms with E-state index in [9.17, 15) is 4.79 Å². The largest absolute Gasteiger partial charge is 0.378 e. The Morgan fingerprint density at radius 2 is 2.00 bits per heavy atom. The van der Waals surface area contributed by atoms with Gasteiger partial charge in [0.25, 0.3) is 0 Å². The molecule has 3 aromatic rings. The lowest BCUT2D eigenvalue weighted by Crippen LogP contribution is -2.41. The molecule has 0 aliphatic heterocycles. The molecule has 0 radical (unpaired) electrons. The van der Waals surface area contributed by atoms with Gasteiger partial charge in [-0.2, -0.15) is 0 Å². The molecule has 2 heterocycles. The molecule has 6 nitrogen and oxygen atoms in total. The Balaban J connectivity index is 1.56. The summed E-state index contributed by atoms with van der Waals surface area (Å²) in [4.78, 5) is 24.4. The van der Waals surface area contributed by atoms with Gasteiger partial charge < -0.3 is 16.0 Å². The fraction of sp³-hybridized carbons (Fsp3) is 0.286. The van der Waals surface area contributed by atoms with Crippen LogP contribution in [-0.4, -0.2) is 26.9 Å². The first-order chi connectivity index (χ1) is 13.5. The predicted octanol–water partition coefficient (Wildman–Crippen LogP) is 3.67. The van der Waals surface area contributed by atoms with E-state index in [0.717, 1.165) is 29.0 Å². The number of H-pyrrole nitrogens is 1. The SMILES string of the molecule is Cc1ccc(-c2nc3ncc(Cl)c(N[C@H]4[C@@H](C(N)=O)[C@@H]5C=C[C@H]4C5)c3[nH]2)cc1. The summed E-state index contributed by atoms with van der Waals surface area (Å²) < 4.78 is 0. The zero-order valence-electron chi connectivity index (χ0n) is 15.3. The summed E-state index contributed by atoms with van der Waals surface area (Å²) in [5, 5.41) is 3.98. The van der Waals surface area contributed by atoms with Gasteiger partial charge in [0.1, 0.15) is 11.3 Å². The standard InChI is InChI=1S/C21H20ClN5O/c1-10-2-4-11(5-3-10)20-26-18-17(14(22)9-24-21(18)27-20)25-16-13-7-6-12(8-13)15(16)19(23)28/h2-7,9,12-13,15-16H,8H2,1H3,(H2,23,28)(H2,24,25,26,27)/t12-,13+,15+,16-/m1/s1. The molecule has 0 unspecified atom stereocenters. The van der Waals surface area contributed by atoms with Crippen LogP contribution in [0.4, 0.5) is 5.69 Å². The molecule has 7 heteroatoms. The van der Waals surface area contributed by atoms with Crippen LogP contribution in [0.15, 0.2) is 42.6 Å². The maximum Gasteiger partial charge on any atom is 0.223 e. The lowest BCUT2D eigenvalue weighted by atomic mass is 9.88. The van der Waals surface area contributed by atoms with E-state index in [0.29, 0.717) is 10.7 Å². The molecular formula is C21H20ClN5O. The highest BCUT2D eigenvalue weighted by Gasteiger charge is 2.47. The number of benzene rings is 1. The Kier molecular flexibility index (Phi) is 3.91. The number of fused-ring (bicyclic) bond motifs is 3. The van der Waals surface area contributed by atoms with Crippen molar-refractivity contribution in [1.82, 2.24) is 15.0 Å². The number of hydrogen-bond donors (Lipinski definition) is 3. The summed E-state index contributed by atoms with van der Waals surface area (Å²) in [7, 11) is 0. The normalized spacial score (nSPS) is 25.5. The van der Waals surface area contributed by atoms with Gasteiger partial charge in [-0.1, -0.05) is 53.6 Å². The molecular weight excluding hydrogens is 374 g/mol. The number of halogens is 1. The van der Waals surface area contributed by atoms with Crippen LogP contribution in [0.1, 0.15) is 12.0 Å². The van der Waals surface area contributed by atoms with Crippen LogP contribution >= 0.6 is 11.6 Å². The van der Waals surface area contributed by atoms with Gasteiger partial charge in [-0.05, 0) is 25.2 Å². The van der Waals surface area contributed by atoms with Crippen molar-refractivity contribution in [2.75, 3.05) is 5.32 Å². The molecule has 2 aliphatic carbocycles. The summed E-state index contributed by atoms with van der Waals surface area (Å²) >= 11 is 6.48. The van der Waals surface area contributed by atoms with Gasteiger partial charge in [-0.25, -0.2) is 9.97 Å². The van der Waals surface area contributed by atoms with Gasteiger partial charge in [0.2, 0.25) is 5.91 Å². The molecule has 28 heavy (non-hydrogen) atoms. The van der Waals surface area contributed by atoms with Gasteiger partial charge in [0.15, 0.2) is 5.65 Å². The zero-order chi connectivity index (χ0) is 19.4. The van der Waals surface area contributed by atoms with Crippen molar-refractivity contribution in [1.29, 1.82) is 0 Å². The maximum absolute atomic E-state index is 12.0. The highest BCUT2D eigenvalue weighted by atomic mass is 35.5. The third kappa shape index (κ3) is 2.67. The fourth-order valence-electron chi connectivity index (χ4n) is 4.50. The van der Waals surface area contributed by atoms with Crippen LogP contribution in [0, 0.1) is 24.7 Å². The van der Waals surface area contributed by atoms with E-state index in [1.165, 1.54) is 5.56 Å². The van der Waals surface area contributed by atoms with Gasteiger partial charge >= 0.3 is 0 Å². The topological polar surface area (TPSA) is 96.7 Å². The van der Waals surface area contributed by atoms with E-state index in [1.807, 2.05) is 31.2 Å². The minimum Gasteiger partial charge on any atom is -0.378 e. The molecule has 1 fully saturated rings. The predicted molar refractivity (Wildman–Crippen MR) is 110 cm³/mol. The average molecular weight is 394 g/mol. The minimum absolute atomic E-state index is 0.0817. The highest BCUT2D eigenvalue weighted by Crippen LogP contribution is 2.46. The van der Waals surface area contributed by atoms with Crippen LogP contribution in [0.3, 0.4) is 0 Å². The molecule has 1 aromatic carbocycles. The van der Waals surface area contributed by atoms with Gasteiger partial charge in [-0.15, -0.1) is 0 Å². The number of primary amides is 1. The van der Waals surface area contributed by atoms with Crippen LogP contribution in [0.2, 0.25) is 5.02 Å². The van der Waals surface area contributed by atoms with Crippen molar-refractivity contribution < 1.29 is 4.79 Å². The van der Waals surface area contributed by atoms with Crippen LogP contribution in [-0.2, 0) is 4.79 Å². The molecule has 2 aliphatic rings. The second kappa shape index (κ2) is 6.34. The molecule has 5 rings (SSSR count). The molecule has 1 saturated carbocycles. The van der Waals surface area contributed by atoms with E-state index in [2.05, 4.69) is 32.4 Å². The van der Waals surface area contributed by atoms with Crippen LogP contribution < -0.4 is 11.1 Å². The number of pyridine rings is 1. The number of carbonyl (C=O) groups excluding carboxylic acids is 1. The highest BCUT2D eigenvalue weighted by molar-refractivity contribution is 6.34. The number of nitrogens with one attached hydrogen (secondary N) is 2. The quantitative estimate of drug-likeness (QED) is 0.589. The molecule has 4 atom stereocenters. The third-order valence-electron chi connectivity index (χ3n) is 5.90. The smallest absolute Gasteiger partial charge is 0.223 e. The first-order valence-electron chi connectivity index (χ1n) is 9.36. The fourth-order valence-corrected chi connectivity index (χ4v) is 4.69. The van der Waals surface area contributed by atoms with Crippen molar-refractivity contribution >= 4 is 34.4 Å².